The van der Waals surface area contributed by atoms with Crippen molar-refractivity contribution in [2.75, 3.05) is 20.3 Å². The minimum Gasteiger partial charge on any atom is -0.479 e. The van der Waals surface area contributed by atoms with Crippen LogP contribution in [0.25, 0.3) is 0 Å². The zero-order valence-corrected chi connectivity index (χ0v) is 8.50. The average molecular weight is 190 g/mol. The maximum absolute atomic E-state index is 10.8. The van der Waals surface area contributed by atoms with Crippen molar-refractivity contribution in [1.82, 2.24) is 0 Å². The van der Waals surface area contributed by atoms with Crippen LogP contribution in [-0.2, 0) is 14.3 Å². The standard InChI is InChI=1S/C9H18O4/c1-4-5-9(2,8(10)11)13-7-6-12-3/h4-7H2,1-3H3,(H,10,11). The molecular formula is C9H18O4. The molecule has 0 spiro atoms. The van der Waals surface area contributed by atoms with E-state index in [1.54, 1.807) is 14.0 Å². The Morgan fingerprint density at radius 3 is 2.46 bits per heavy atom. The molecule has 78 valence electrons. The number of carbonyl (C=O) groups is 1. The van der Waals surface area contributed by atoms with Crippen LogP contribution in [0.1, 0.15) is 26.7 Å². The quantitative estimate of drug-likeness (QED) is 0.615. The van der Waals surface area contributed by atoms with Gasteiger partial charge in [-0.15, -0.1) is 0 Å². The smallest absolute Gasteiger partial charge is 0.335 e. The maximum Gasteiger partial charge on any atom is 0.335 e. The van der Waals surface area contributed by atoms with Gasteiger partial charge in [-0.2, -0.15) is 0 Å². The lowest BCUT2D eigenvalue weighted by atomic mass is 10.0. The molecule has 0 aliphatic rings. The summed E-state index contributed by atoms with van der Waals surface area (Å²) in [6.45, 7) is 4.27. The first-order valence-corrected chi connectivity index (χ1v) is 4.43. The topological polar surface area (TPSA) is 55.8 Å². The molecule has 0 aliphatic heterocycles. The molecule has 0 aromatic heterocycles. The minimum atomic E-state index is -1.06. The van der Waals surface area contributed by atoms with Crippen LogP contribution in [0.2, 0.25) is 0 Å². The van der Waals surface area contributed by atoms with Crippen molar-refractivity contribution in [3.05, 3.63) is 0 Å². The van der Waals surface area contributed by atoms with Gasteiger partial charge in [0, 0.05) is 7.11 Å². The van der Waals surface area contributed by atoms with Crippen molar-refractivity contribution in [3.8, 4) is 0 Å². The van der Waals surface area contributed by atoms with Gasteiger partial charge >= 0.3 is 5.97 Å². The van der Waals surface area contributed by atoms with Gasteiger partial charge in [0.25, 0.3) is 0 Å². The summed E-state index contributed by atoms with van der Waals surface area (Å²) in [6, 6.07) is 0. The van der Waals surface area contributed by atoms with Gasteiger partial charge in [0.1, 0.15) is 0 Å². The highest BCUT2D eigenvalue weighted by Crippen LogP contribution is 2.17. The molecule has 0 aliphatic carbocycles. The summed E-state index contributed by atoms with van der Waals surface area (Å²) in [7, 11) is 1.56. The third-order valence-electron chi connectivity index (χ3n) is 1.89. The highest BCUT2D eigenvalue weighted by molar-refractivity contribution is 5.76. The molecule has 0 rings (SSSR count). The highest BCUT2D eigenvalue weighted by Gasteiger charge is 2.32. The number of ether oxygens (including phenoxy) is 2. The summed E-state index contributed by atoms with van der Waals surface area (Å²) in [5, 5.41) is 8.90. The highest BCUT2D eigenvalue weighted by atomic mass is 16.5. The normalized spacial score (nSPS) is 15.3. The van der Waals surface area contributed by atoms with E-state index in [9.17, 15) is 4.79 Å². The van der Waals surface area contributed by atoms with Gasteiger partial charge in [-0.25, -0.2) is 4.79 Å². The Balaban J connectivity index is 4.00. The molecule has 0 saturated heterocycles. The van der Waals surface area contributed by atoms with Crippen LogP contribution < -0.4 is 0 Å². The molecule has 0 amide bonds. The molecule has 4 heteroatoms. The molecule has 0 heterocycles. The summed E-state index contributed by atoms with van der Waals surface area (Å²) in [6.07, 6.45) is 1.31. The monoisotopic (exact) mass is 190 g/mol. The lowest BCUT2D eigenvalue weighted by molar-refractivity contribution is -0.166. The Bertz CT molecular complexity index is 158. The SMILES string of the molecule is CCCC(C)(OCCOC)C(=O)O. The number of carboxylic acids is 1. The van der Waals surface area contributed by atoms with Gasteiger partial charge in [0.15, 0.2) is 5.60 Å². The summed E-state index contributed by atoms with van der Waals surface area (Å²) in [5.74, 6) is -0.912. The van der Waals surface area contributed by atoms with Gasteiger partial charge in [-0.3, -0.25) is 0 Å². The van der Waals surface area contributed by atoms with E-state index in [2.05, 4.69) is 0 Å². The average Bonchev–Trinajstić information content (AvgIpc) is 2.05. The second-order valence-electron chi connectivity index (χ2n) is 3.13. The molecule has 0 saturated carbocycles. The molecule has 0 aromatic rings. The second kappa shape index (κ2) is 5.94. The van der Waals surface area contributed by atoms with E-state index in [0.29, 0.717) is 19.6 Å². The van der Waals surface area contributed by atoms with Crippen LogP contribution in [0, 0.1) is 0 Å². The Hall–Kier alpha value is -0.610. The van der Waals surface area contributed by atoms with Crippen LogP contribution in [0.15, 0.2) is 0 Å². The lowest BCUT2D eigenvalue weighted by Crippen LogP contribution is -2.39. The zero-order valence-electron chi connectivity index (χ0n) is 8.50. The lowest BCUT2D eigenvalue weighted by Gasteiger charge is -2.24. The first kappa shape index (κ1) is 12.4. The maximum atomic E-state index is 10.8. The molecule has 0 fully saturated rings. The van der Waals surface area contributed by atoms with Gasteiger partial charge in [-0.05, 0) is 13.3 Å². The van der Waals surface area contributed by atoms with E-state index in [-0.39, 0.29) is 0 Å². The summed E-state index contributed by atoms with van der Waals surface area (Å²) in [4.78, 5) is 10.8. The summed E-state index contributed by atoms with van der Waals surface area (Å²) in [5.41, 5.74) is -1.06. The molecule has 1 unspecified atom stereocenters. The van der Waals surface area contributed by atoms with E-state index in [1.807, 2.05) is 6.92 Å². The Kier molecular flexibility index (Phi) is 5.66. The number of hydrogen-bond donors (Lipinski definition) is 1. The van der Waals surface area contributed by atoms with Crippen LogP contribution in [0.5, 0.6) is 0 Å². The fourth-order valence-electron chi connectivity index (χ4n) is 1.07. The molecule has 0 radical (unpaired) electrons. The predicted octanol–water partition coefficient (Wildman–Crippen LogP) is 1.29. The van der Waals surface area contributed by atoms with E-state index in [0.717, 1.165) is 6.42 Å². The van der Waals surface area contributed by atoms with Crippen molar-refractivity contribution in [1.29, 1.82) is 0 Å². The van der Waals surface area contributed by atoms with Crippen molar-refractivity contribution in [2.24, 2.45) is 0 Å². The molecular weight excluding hydrogens is 172 g/mol. The van der Waals surface area contributed by atoms with Gasteiger partial charge in [0.05, 0.1) is 13.2 Å². The number of aliphatic carboxylic acids is 1. The van der Waals surface area contributed by atoms with Crippen molar-refractivity contribution < 1.29 is 19.4 Å². The fourth-order valence-corrected chi connectivity index (χ4v) is 1.07. The first-order valence-electron chi connectivity index (χ1n) is 4.43. The van der Waals surface area contributed by atoms with Crippen LogP contribution in [-0.4, -0.2) is 37.0 Å². The minimum absolute atomic E-state index is 0.319. The van der Waals surface area contributed by atoms with Crippen molar-refractivity contribution >= 4 is 5.97 Å². The van der Waals surface area contributed by atoms with E-state index in [1.165, 1.54) is 0 Å². The first-order chi connectivity index (χ1) is 6.06. The third-order valence-corrected chi connectivity index (χ3v) is 1.89. The number of rotatable bonds is 7. The van der Waals surface area contributed by atoms with Crippen LogP contribution >= 0.6 is 0 Å². The Labute approximate surface area is 78.8 Å². The molecule has 1 atom stereocenters. The van der Waals surface area contributed by atoms with Crippen molar-refractivity contribution in [3.63, 3.8) is 0 Å². The molecule has 13 heavy (non-hydrogen) atoms. The van der Waals surface area contributed by atoms with E-state index < -0.39 is 11.6 Å². The molecule has 0 aromatic carbocycles. The Morgan fingerprint density at radius 1 is 1.46 bits per heavy atom. The molecule has 4 nitrogen and oxygen atoms in total. The van der Waals surface area contributed by atoms with Crippen LogP contribution in [0.3, 0.4) is 0 Å². The van der Waals surface area contributed by atoms with E-state index in [4.69, 9.17) is 14.6 Å². The van der Waals surface area contributed by atoms with Crippen LogP contribution in [0.4, 0.5) is 0 Å². The third kappa shape index (κ3) is 4.24. The van der Waals surface area contributed by atoms with Crippen molar-refractivity contribution in [2.45, 2.75) is 32.3 Å². The predicted molar refractivity (Wildman–Crippen MR) is 48.8 cm³/mol. The van der Waals surface area contributed by atoms with E-state index >= 15 is 0 Å². The Morgan fingerprint density at radius 2 is 2.08 bits per heavy atom. The zero-order chi connectivity index (χ0) is 10.3. The fraction of sp³-hybridized carbons (Fsp3) is 0.889. The number of hydrogen-bond acceptors (Lipinski definition) is 3. The number of methoxy groups -OCH3 is 1. The summed E-state index contributed by atoms with van der Waals surface area (Å²) >= 11 is 0. The van der Waals surface area contributed by atoms with Gasteiger partial charge in [-0.1, -0.05) is 13.3 Å². The summed E-state index contributed by atoms with van der Waals surface area (Å²) < 4.78 is 10.0. The second-order valence-corrected chi connectivity index (χ2v) is 3.13. The largest absolute Gasteiger partial charge is 0.479 e. The van der Waals surface area contributed by atoms with Gasteiger partial charge < -0.3 is 14.6 Å². The molecule has 1 N–H and O–H groups in total. The number of carboxylic acid groups (broad SMARTS) is 1. The molecule has 0 bridgehead atoms. The van der Waals surface area contributed by atoms with Gasteiger partial charge in [0.2, 0.25) is 0 Å².